The van der Waals surface area contributed by atoms with E-state index in [4.69, 9.17) is 4.99 Å². The molecule has 1 aromatic heterocycles. The monoisotopic (exact) mass is 547 g/mol. The third kappa shape index (κ3) is 6.47. The van der Waals surface area contributed by atoms with Crippen molar-refractivity contribution in [3.05, 3.63) is 89.5 Å². The molecule has 0 aliphatic carbocycles. The topological polar surface area (TPSA) is 118 Å². The van der Waals surface area contributed by atoms with E-state index in [-0.39, 0.29) is 11.8 Å². The second kappa shape index (κ2) is 11.7. The van der Waals surface area contributed by atoms with Gasteiger partial charge in [-0.1, -0.05) is 36.4 Å². The van der Waals surface area contributed by atoms with E-state index in [1.54, 1.807) is 42.5 Å². The minimum absolute atomic E-state index is 0.0655. The molecule has 0 aliphatic heterocycles. The number of rotatable bonds is 10. The molecule has 9 nitrogen and oxygen atoms in total. The van der Waals surface area contributed by atoms with Gasteiger partial charge in [0.05, 0.1) is 28.9 Å². The van der Waals surface area contributed by atoms with Crippen molar-refractivity contribution in [1.82, 2.24) is 15.2 Å². The minimum atomic E-state index is -3.47. The zero-order valence-corrected chi connectivity index (χ0v) is 23.3. The number of hydrogen-bond acceptors (Lipinski definition) is 6. The number of sulfonamides is 1. The molecule has 0 saturated heterocycles. The summed E-state index contributed by atoms with van der Waals surface area (Å²) in [5.41, 5.74) is 4.05. The highest BCUT2D eigenvalue weighted by Gasteiger charge is 2.21. The lowest BCUT2D eigenvalue weighted by Gasteiger charge is -2.24. The van der Waals surface area contributed by atoms with E-state index in [0.717, 1.165) is 5.56 Å². The molecule has 1 amide bonds. The van der Waals surface area contributed by atoms with Gasteiger partial charge in [0.25, 0.3) is 5.91 Å². The summed E-state index contributed by atoms with van der Waals surface area (Å²) >= 11 is 0. The number of nitrogens with one attached hydrogen (secondary N) is 2. The molecule has 4 aromatic rings. The minimum Gasteiger partial charge on any atom is -0.494 e. The van der Waals surface area contributed by atoms with Gasteiger partial charge in [0.15, 0.2) is 5.88 Å². The highest BCUT2D eigenvalue weighted by molar-refractivity contribution is 7.92. The lowest BCUT2D eigenvalue weighted by molar-refractivity contribution is 0.0956. The Morgan fingerprint density at radius 1 is 0.974 bits per heavy atom. The predicted molar refractivity (Wildman–Crippen MR) is 157 cm³/mol. The fraction of sp³-hybridized carbons (Fsp3) is 0.241. The number of likely N-dealkylation sites (N-methyl/N-ethyl adjacent to an activating group) is 1. The van der Waals surface area contributed by atoms with E-state index >= 15 is 0 Å². The van der Waals surface area contributed by atoms with E-state index in [2.05, 4.69) is 10.3 Å². The molecule has 3 N–H and O–H groups in total. The predicted octanol–water partition coefficient (Wildman–Crippen LogP) is 4.12. The fourth-order valence-corrected chi connectivity index (χ4v) is 5.21. The number of H-pyrrole nitrogens is 1. The van der Waals surface area contributed by atoms with Crippen molar-refractivity contribution in [2.45, 2.75) is 6.92 Å². The van der Waals surface area contributed by atoms with Gasteiger partial charge >= 0.3 is 0 Å². The Balaban J connectivity index is 1.78. The molecule has 0 radical (unpaired) electrons. The summed E-state index contributed by atoms with van der Waals surface area (Å²) in [7, 11) is 0.320. The first-order chi connectivity index (χ1) is 18.6. The number of hydrogen-bond donors (Lipinski definition) is 3. The van der Waals surface area contributed by atoms with Gasteiger partial charge in [-0.05, 0) is 57.4 Å². The second-order valence-corrected chi connectivity index (χ2v) is 11.4. The maximum atomic E-state index is 12.4. The van der Waals surface area contributed by atoms with E-state index in [0.29, 0.717) is 58.8 Å². The molecule has 10 heteroatoms. The van der Waals surface area contributed by atoms with Crippen molar-refractivity contribution in [2.75, 3.05) is 44.3 Å². The lowest BCUT2D eigenvalue weighted by atomic mass is 10.00. The van der Waals surface area contributed by atoms with Gasteiger partial charge in [0, 0.05) is 41.7 Å². The Labute approximate surface area is 228 Å². The summed E-state index contributed by atoms with van der Waals surface area (Å²) < 4.78 is 26.2. The molecule has 39 heavy (non-hydrogen) atoms. The van der Waals surface area contributed by atoms with Gasteiger partial charge in [0.1, 0.15) is 0 Å². The summed E-state index contributed by atoms with van der Waals surface area (Å²) in [6.45, 7) is 3.27. The SMILES string of the molecule is CCNC(=O)c1ccc2c(C(=Nc3ccc(N(CCN(C)C)S(C)(=O)=O)cc3)c3ccccc3)c(O)[nH]c2c1. The van der Waals surface area contributed by atoms with E-state index in [9.17, 15) is 18.3 Å². The van der Waals surface area contributed by atoms with Crippen LogP contribution in [-0.4, -0.2) is 75.0 Å². The van der Waals surface area contributed by atoms with E-state index in [1.807, 2.05) is 56.3 Å². The van der Waals surface area contributed by atoms with Crippen LogP contribution in [0.1, 0.15) is 28.4 Å². The van der Waals surface area contributed by atoms with E-state index in [1.165, 1.54) is 10.6 Å². The Morgan fingerprint density at radius 2 is 1.67 bits per heavy atom. The molecule has 0 spiro atoms. The number of aromatic hydroxyl groups is 1. The van der Waals surface area contributed by atoms with Gasteiger partial charge in [-0.25, -0.2) is 13.4 Å². The molecule has 0 aliphatic rings. The lowest BCUT2D eigenvalue weighted by Crippen LogP contribution is -2.35. The Hall–Kier alpha value is -4.15. The van der Waals surface area contributed by atoms with Crippen LogP contribution in [0.4, 0.5) is 11.4 Å². The van der Waals surface area contributed by atoms with Crippen LogP contribution in [0.2, 0.25) is 0 Å². The number of nitrogens with zero attached hydrogens (tertiary/aromatic N) is 3. The summed E-state index contributed by atoms with van der Waals surface area (Å²) in [6.07, 6.45) is 1.19. The van der Waals surface area contributed by atoms with Crippen LogP contribution in [0.25, 0.3) is 10.9 Å². The number of amides is 1. The number of carbonyl (C=O) groups is 1. The Bertz CT molecular complexity index is 1590. The number of anilines is 1. The van der Waals surface area contributed by atoms with Crippen molar-refractivity contribution >= 4 is 43.9 Å². The number of carbonyl (C=O) groups excluding carboxylic acids is 1. The average molecular weight is 548 g/mol. The van der Waals surface area contributed by atoms with Gasteiger partial charge in [-0.2, -0.15) is 0 Å². The largest absolute Gasteiger partial charge is 0.494 e. The molecule has 204 valence electrons. The van der Waals surface area contributed by atoms with Crippen LogP contribution in [0, 0.1) is 0 Å². The van der Waals surface area contributed by atoms with Crippen molar-refractivity contribution in [2.24, 2.45) is 4.99 Å². The quantitative estimate of drug-likeness (QED) is 0.258. The van der Waals surface area contributed by atoms with Crippen molar-refractivity contribution < 1.29 is 18.3 Å². The van der Waals surface area contributed by atoms with Crippen LogP contribution in [0.3, 0.4) is 0 Å². The molecule has 0 atom stereocenters. The zero-order valence-electron chi connectivity index (χ0n) is 22.5. The molecular weight excluding hydrogens is 514 g/mol. The van der Waals surface area contributed by atoms with Crippen LogP contribution in [0.5, 0.6) is 5.88 Å². The Morgan fingerprint density at radius 3 is 2.28 bits per heavy atom. The van der Waals surface area contributed by atoms with Crippen LogP contribution in [-0.2, 0) is 10.0 Å². The zero-order chi connectivity index (χ0) is 28.2. The summed E-state index contributed by atoms with van der Waals surface area (Å²) in [6, 6.07) is 21.7. The summed E-state index contributed by atoms with van der Waals surface area (Å²) in [5, 5.41) is 14.5. The van der Waals surface area contributed by atoms with Gasteiger partial charge < -0.3 is 20.3 Å². The first kappa shape index (κ1) is 27.9. The van der Waals surface area contributed by atoms with Crippen LogP contribution < -0.4 is 9.62 Å². The maximum Gasteiger partial charge on any atom is 0.251 e. The molecule has 0 saturated carbocycles. The third-order valence-corrected chi connectivity index (χ3v) is 7.39. The van der Waals surface area contributed by atoms with Gasteiger partial charge in [-0.15, -0.1) is 0 Å². The maximum absolute atomic E-state index is 12.4. The van der Waals surface area contributed by atoms with Crippen LogP contribution in [0.15, 0.2) is 77.8 Å². The van der Waals surface area contributed by atoms with Gasteiger partial charge in [0.2, 0.25) is 10.0 Å². The number of aliphatic imine (C=N–C) groups is 1. The highest BCUT2D eigenvalue weighted by atomic mass is 32.2. The van der Waals surface area contributed by atoms with Crippen molar-refractivity contribution in [3.63, 3.8) is 0 Å². The first-order valence-corrected chi connectivity index (χ1v) is 14.4. The first-order valence-electron chi connectivity index (χ1n) is 12.6. The van der Waals surface area contributed by atoms with E-state index < -0.39 is 10.0 Å². The average Bonchev–Trinajstić information content (AvgIpc) is 3.22. The van der Waals surface area contributed by atoms with Crippen LogP contribution >= 0.6 is 0 Å². The Kier molecular flexibility index (Phi) is 8.37. The van der Waals surface area contributed by atoms with Crippen molar-refractivity contribution in [1.29, 1.82) is 0 Å². The summed E-state index contributed by atoms with van der Waals surface area (Å²) in [4.78, 5) is 22.1. The standard InChI is InChI=1S/C29H33N5O4S/c1-5-30-28(35)21-11-16-24-25(19-21)32-29(36)26(24)27(20-9-7-6-8-10-20)31-22-12-14-23(15-13-22)34(39(4,37)38)18-17-33(2)3/h6-16,19,32,36H,5,17-18H2,1-4H3,(H,30,35). The number of aromatic amines is 1. The normalized spacial score (nSPS) is 12.2. The molecule has 0 unspecified atom stereocenters. The number of aromatic nitrogens is 1. The second-order valence-electron chi connectivity index (χ2n) is 9.45. The number of benzene rings is 3. The summed E-state index contributed by atoms with van der Waals surface area (Å²) in [5.74, 6) is -0.259. The molecule has 3 aromatic carbocycles. The molecule has 1 heterocycles. The molecule has 0 fully saturated rings. The molecule has 4 rings (SSSR count). The molecular formula is C29H33N5O4S. The smallest absolute Gasteiger partial charge is 0.251 e. The third-order valence-electron chi connectivity index (χ3n) is 6.19. The highest BCUT2D eigenvalue weighted by Crippen LogP contribution is 2.32. The molecule has 0 bridgehead atoms. The van der Waals surface area contributed by atoms with Gasteiger partial charge in [-0.3, -0.25) is 9.10 Å². The fourth-order valence-electron chi connectivity index (χ4n) is 4.29. The number of fused-ring (bicyclic) bond motifs is 1. The van der Waals surface area contributed by atoms with Crippen molar-refractivity contribution in [3.8, 4) is 5.88 Å².